The lowest BCUT2D eigenvalue weighted by atomic mass is 10.2. The Morgan fingerprint density at radius 2 is 1.84 bits per heavy atom. The van der Waals surface area contributed by atoms with Gasteiger partial charge in [0.05, 0.1) is 16.4 Å². The molecule has 1 aliphatic heterocycles. The molecule has 1 N–H and O–H groups in total. The molecule has 166 valence electrons. The van der Waals surface area contributed by atoms with Crippen LogP contribution in [-0.2, 0) is 19.7 Å². The lowest BCUT2D eigenvalue weighted by molar-refractivity contribution is -0.384. The SMILES string of the molecule is O=C([O-])C[C@@H]1S/C(=N/N=C\c2ccc(OS(=O)(=O)c3ccc([N+](=O)[O-])cc3)cc2)NC1=O. The molecule has 0 spiro atoms. The number of hydrogen-bond donors (Lipinski definition) is 1. The standard InChI is InChI=1S/C18H14N4O8S2/c23-16(24)9-15-17(25)20-18(31-15)21-19-10-11-1-5-13(6-2-11)30-32(28,29)14-7-3-12(4-8-14)22(26)27/h1-8,10,15H,9H2,(H,23,24)(H,20,21,25)/p-1/b19-10-/t15-/m0/s1. The van der Waals surface area contributed by atoms with Gasteiger partial charge >= 0.3 is 10.1 Å². The summed E-state index contributed by atoms with van der Waals surface area (Å²) in [6, 6.07) is 10.0. The first-order valence-corrected chi connectivity index (χ1v) is 11.0. The maximum absolute atomic E-state index is 12.3. The Morgan fingerprint density at radius 3 is 2.44 bits per heavy atom. The maximum atomic E-state index is 12.3. The number of thioether (sulfide) groups is 1. The summed E-state index contributed by atoms with van der Waals surface area (Å²) in [5, 5.41) is 30.6. The van der Waals surface area contributed by atoms with E-state index in [4.69, 9.17) is 4.18 Å². The molecule has 0 saturated carbocycles. The second kappa shape index (κ2) is 9.57. The lowest BCUT2D eigenvalue weighted by Crippen LogP contribution is -2.31. The highest BCUT2D eigenvalue weighted by atomic mass is 32.2. The van der Waals surface area contributed by atoms with E-state index in [2.05, 4.69) is 15.5 Å². The highest BCUT2D eigenvalue weighted by molar-refractivity contribution is 8.15. The zero-order valence-corrected chi connectivity index (χ0v) is 17.5. The Morgan fingerprint density at radius 1 is 1.19 bits per heavy atom. The van der Waals surface area contributed by atoms with Crippen molar-refractivity contribution in [3.05, 3.63) is 64.2 Å². The van der Waals surface area contributed by atoms with Gasteiger partial charge in [-0.15, -0.1) is 5.10 Å². The van der Waals surface area contributed by atoms with E-state index in [-0.39, 0.29) is 21.5 Å². The summed E-state index contributed by atoms with van der Waals surface area (Å²) >= 11 is 0.922. The number of aliphatic carboxylic acids is 1. The summed E-state index contributed by atoms with van der Waals surface area (Å²) in [7, 11) is -4.18. The Bertz CT molecular complexity index is 1210. The van der Waals surface area contributed by atoms with E-state index in [0.29, 0.717) is 5.56 Å². The summed E-state index contributed by atoms with van der Waals surface area (Å²) in [5.74, 6) is -1.83. The van der Waals surface area contributed by atoms with Crippen molar-refractivity contribution in [2.45, 2.75) is 16.6 Å². The maximum Gasteiger partial charge on any atom is 0.339 e. The molecule has 1 fully saturated rings. The number of rotatable bonds is 8. The fraction of sp³-hybridized carbons (Fsp3) is 0.111. The van der Waals surface area contributed by atoms with Crippen LogP contribution in [0.15, 0.2) is 63.6 Å². The van der Waals surface area contributed by atoms with E-state index in [1.807, 2.05) is 0 Å². The highest BCUT2D eigenvalue weighted by Crippen LogP contribution is 2.23. The summed E-state index contributed by atoms with van der Waals surface area (Å²) in [6.07, 6.45) is 0.893. The molecule has 1 amide bonds. The first-order chi connectivity index (χ1) is 15.1. The average molecular weight is 477 g/mol. The average Bonchev–Trinajstić information content (AvgIpc) is 3.07. The number of carbonyl (C=O) groups is 2. The third-order valence-electron chi connectivity index (χ3n) is 3.91. The molecule has 0 unspecified atom stereocenters. The number of non-ortho nitro benzene ring substituents is 1. The molecule has 2 aromatic carbocycles. The van der Waals surface area contributed by atoms with Crippen LogP contribution >= 0.6 is 11.8 Å². The van der Waals surface area contributed by atoms with Crippen LogP contribution in [0.25, 0.3) is 0 Å². The first kappa shape index (κ1) is 22.9. The zero-order valence-electron chi connectivity index (χ0n) is 15.9. The van der Waals surface area contributed by atoms with E-state index in [0.717, 1.165) is 36.0 Å². The number of nitrogens with one attached hydrogen (secondary N) is 1. The summed E-state index contributed by atoms with van der Waals surface area (Å²) < 4.78 is 29.6. The second-order valence-electron chi connectivity index (χ2n) is 6.18. The van der Waals surface area contributed by atoms with Crippen LogP contribution in [0.2, 0.25) is 0 Å². The van der Waals surface area contributed by atoms with Crippen molar-refractivity contribution in [3.8, 4) is 5.75 Å². The monoisotopic (exact) mass is 477 g/mol. The van der Waals surface area contributed by atoms with Crippen molar-refractivity contribution in [1.29, 1.82) is 0 Å². The molecule has 1 heterocycles. The molecule has 0 aliphatic carbocycles. The second-order valence-corrected chi connectivity index (χ2v) is 8.92. The van der Waals surface area contributed by atoms with Crippen LogP contribution in [0.3, 0.4) is 0 Å². The molecule has 2 aromatic rings. The van der Waals surface area contributed by atoms with Crippen molar-refractivity contribution in [2.24, 2.45) is 10.2 Å². The van der Waals surface area contributed by atoms with Crippen LogP contribution in [0.5, 0.6) is 5.75 Å². The van der Waals surface area contributed by atoms with E-state index in [9.17, 15) is 33.2 Å². The predicted octanol–water partition coefficient (Wildman–Crippen LogP) is 0.424. The fourth-order valence-corrected chi connectivity index (χ4v) is 4.24. The lowest BCUT2D eigenvalue weighted by Gasteiger charge is -2.07. The van der Waals surface area contributed by atoms with E-state index in [1.165, 1.54) is 30.5 Å². The van der Waals surface area contributed by atoms with Gasteiger partial charge in [-0.1, -0.05) is 11.8 Å². The molecule has 0 radical (unpaired) electrons. The molecule has 1 saturated heterocycles. The molecule has 1 atom stereocenters. The van der Waals surface area contributed by atoms with Crippen molar-refractivity contribution in [3.63, 3.8) is 0 Å². The quantitative estimate of drug-likeness (QED) is 0.244. The van der Waals surface area contributed by atoms with Gasteiger partial charge in [-0.2, -0.15) is 13.5 Å². The third kappa shape index (κ3) is 5.89. The summed E-state index contributed by atoms with van der Waals surface area (Å²) in [4.78, 5) is 32.0. The van der Waals surface area contributed by atoms with Gasteiger partial charge in [-0.3, -0.25) is 14.9 Å². The third-order valence-corrected chi connectivity index (χ3v) is 6.24. The van der Waals surface area contributed by atoms with E-state index >= 15 is 0 Å². The number of benzene rings is 2. The first-order valence-electron chi connectivity index (χ1n) is 8.71. The minimum Gasteiger partial charge on any atom is -0.550 e. The smallest absolute Gasteiger partial charge is 0.339 e. The molecule has 0 aromatic heterocycles. The van der Waals surface area contributed by atoms with Gasteiger partial charge in [-0.25, -0.2) is 0 Å². The normalized spacial score (nSPS) is 17.4. The molecule has 1 aliphatic rings. The molecular weight excluding hydrogens is 464 g/mol. The Hall–Kier alpha value is -3.78. The Labute approximate surface area is 185 Å². The number of hydrogen-bond acceptors (Lipinski definition) is 11. The number of amidine groups is 1. The van der Waals surface area contributed by atoms with Crippen LogP contribution in [-0.4, -0.2) is 41.8 Å². The van der Waals surface area contributed by atoms with Gasteiger partial charge in [0.25, 0.3) is 5.69 Å². The Kier molecular flexibility index (Phi) is 6.85. The number of nitrogens with zero attached hydrogens (tertiary/aromatic N) is 3. The van der Waals surface area contributed by atoms with Gasteiger partial charge < -0.3 is 19.4 Å². The van der Waals surface area contributed by atoms with Gasteiger partial charge in [-0.05, 0) is 42.0 Å². The van der Waals surface area contributed by atoms with Gasteiger partial charge in [0.15, 0.2) is 5.17 Å². The van der Waals surface area contributed by atoms with Crippen LogP contribution in [0, 0.1) is 10.1 Å². The number of nitro groups is 1. The summed E-state index contributed by atoms with van der Waals surface area (Å²) in [5.41, 5.74) is 0.288. The minimum atomic E-state index is -4.18. The summed E-state index contributed by atoms with van der Waals surface area (Å²) in [6.45, 7) is 0. The van der Waals surface area contributed by atoms with Crippen molar-refractivity contribution < 1.29 is 32.2 Å². The van der Waals surface area contributed by atoms with Gasteiger partial charge in [0, 0.05) is 24.5 Å². The number of amides is 1. The zero-order chi connectivity index (χ0) is 23.3. The molecule has 12 nitrogen and oxygen atoms in total. The molecule has 0 bridgehead atoms. The van der Waals surface area contributed by atoms with Gasteiger partial charge in [0.2, 0.25) is 5.91 Å². The van der Waals surface area contributed by atoms with Crippen LogP contribution in [0.1, 0.15) is 12.0 Å². The number of carboxylic acid groups (broad SMARTS) is 1. The van der Waals surface area contributed by atoms with Crippen molar-refractivity contribution in [1.82, 2.24) is 5.32 Å². The van der Waals surface area contributed by atoms with E-state index < -0.39 is 38.6 Å². The predicted molar refractivity (Wildman–Crippen MR) is 112 cm³/mol. The molecular formula is C18H13N4O8S2-. The van der Waals surface area contributed by atoms with Crippen molar-refractivity contribution >= 4 is 50.8 Å². The number of nitro benzene ring substituents is 1. The Balaban J connectivity index is 1.62. The topological polar surface area (TPSA) is 180 Å². The number of carboxylic acids is 1. The van der Waals surface area contributed by atoms with E-state index in [1.54, 1.807) is 0 Å². The molecule has 32 heavy (non-hydrogen) atoms. The highest BCUT2D eigenvalue weighted by Gasteiger charge is 2.30. The fourth-order valence-electron chi connectivity index (χ4n) is 2.40. The minimum absolute atomic E-state index is 0.00977. The van der Waals surface area contributed by atoms with Crippen LogP contribution in [0.4, 0.5) is 5.69 Å². The largest absolute Gasteiger partial charge is 0.550 e. The molecule has 14 heteroatoms. The number of carbonyl (C=O) groups excluding carboxylic acids is 2. The van der Waals surface area contributed by atoms with Crippen LogP contribution < -0.4 is 14.6 Å². The van der Waals surface area contributed by atoms with Crippen molar-refractivity contribution in [2.75, 3.05) is 0 Å². The molecule has 3 rings (SSSR count). The van der Waals surface area contributed by atoms with Gasteiger partial charge in [0.1, 0.15) is 10.6 Å².